The van der Waals surface area contributed by atoms with E-state index in [1.165, 1.54) is 12.8 Å². The first kappa shape index (κ1) is 15.3. The molecule has 0 radical (unpaired) electrons. The summed E-state index contributed by atoms with van der Waals surface area (Å²) in [6.45, 7) is 6.00. The molecule has 1 saturated heterocycles. The maximum atomic E-state index is 12.5. The zero-order valence-corrected chi connectivity index (χ0v) is 12.8. The van der Waals surface area contributed by atoms with Gasteiger partial charge in [0, 0.05) is 18.5 Å². The van der Waals surface area contributed by atoms with Crippen LogP contribution in [0.3, 0.4) is 0 Å². The summed E-state index contributed by atoms with van der Waals surface area (Å²) in [6, 6.07) is 0.0755. The molecule has 2 aliphatic rings. The van der Waals surface area contributed by atoms with E-state index in [0.717, 1.165) is 19.3 Å². The minimum atomic E-state index is -0.758. The molecule has 0 aromatic heterocycles. The number of likely N-dealkylation sites (tertiary alicyclic amines) is 1. The lowest BCUT2D eigenvalue weighted by Crippen LogP contribution is -2.58. The summed E-state index contributed by atoms with van der Waals surface area (Å²) in [5, 5.41) is 9.47. The smallest absolute Gasteiger partial charge is 0.308 e. The molecule has 1 aliphatic heterocycles. The van der Waals surface area contributed by atoms with Crippen molar-refractivity contribution in [3.8, 4) is 0 Å². The Labute approximate surface area is 121 Å². The fourth-order valence-corrected chi connectivity index (χ4v) is 4.35. The van der Waals surface area contributed by atoms with Crippen LogP contribution in [0, 0.1) is 17.8 Å². The summed E-state index contributed by atoms with van der Waals surface area (Å²) in [7, 11) is 0. The average Bonchev–Trinajstić information content (AvgIpc) is 2.38. The molecule has 0 spiro atoms. The third-order valence-electron chi connectivity index (χ3n) is 5.39. The van der Waals surface area contributed by atoms with Gasteiger partial charge in [-0.3, -0.25) is 9.59 Å². The maximum absolute atomic E-state index is 12.5. The van der Waals surface area contributed by atoms with Crippen LogP contribution in [0.5, 0.6) is 0 Å². The molecule has 2 rings (SSSR count). The van der Waals surface area contributed by atoms with E-state index >= 15 is 0 Å². The zero-order chi connectivity index (χ0) is 14.9. The van der Waals surface area contributed by atoms with Crippen molar-refractivity contribution in [2.75, 3.05) is 0 Å². The molecule has 0 aromatic carbocycles. The fraction of sp³-hybridized carbons (Fsp3) is 0.875. The summed E-state index contributed by atoms with van der Waals surface area (Å²) in [4.78, 5) is 25.9. The molecule has 1 amide bonds. The number of carboxylic acid groups (broad SMARTS) is 1. The highest BCUT2D eigenvalue weighted by Gasteiger charge is 2.45. The molecule has 1 saturated carbocycles. The van der Waals surface area contributed by atoms with Crippen LogP contribution in [0.2, 0.25) is 0 Å². The lowest BCUT2D eigenvalue weighted by molar-refractivity contribution is -0.158. The summed E-state index contributed by atoms with van der Waals surface area (Å²) in [6.07, 6.45) is 6.07. The van der Waals surface area contributed by atoms with Crippen LogP contribution in [-0.2, 0) is 9.59 Å². The van der Waals surface area contributed by atoms with E-state index in [0.29, 0.717) is 12.3 Å². The predicted octanol–water partition coefficient (Wildman–Crippen LogP) is 2.91. The van der Waals surface area contributed by atoms with Gasteiger partial charge in [-0.05, 0) is 31.6 Å². The second-order valence-electron chi connectivity index (χ2n) is 6.61. The Morgan fingerprint density at radius 3 is 2.55 bits per heavy atom. The number of rotatable bonds is 3. The molecule has 4 heteroatoms. The molecular formula is C16H27NO3. The van der Waals surface area contributed by atoms with Crippen LogP contribution >= 0.6 is 0 Å². The lowest BCUT2D eigenvalue weighted by Gasteiger charge is -2.48. The van der Waals surface area contributed by atoms with E-state index in [2.05, 4.69) is 6.92 Å². The standard InChI is InChI=1S/C16H27NO3/c1-4-12-7-5-6-8-13(12)17-11(3)15(16(19)20)10(2)9-14(17)18/h10-13,15H,4-9H2,1-3H3,(H,19,20). The van der Waals surface area contributed by atoms with Crippen LogP contribution in [0.1, 0.15) is 59.3 Å². The molecule has 20 heavy (non-hydrogen) atoms. The Kier molecular flexibility index (Phi) is 4.71. The predicted molar refractivity (Wildman–Crippen MR) is 77.3 cm³/mol. The van der Waals surface area contributed by atoms with Gasteiger partial charge in [-0.25, -0.2) is 0 Å². The average molecular weight is 281 g/mol. The van der Waals surface area contributed by atoms with Crippen LogP contribution in [0.25, 0.3) is 0 Å². The molecule has 5 atom stereocenters. The highest BCUT2D eigenvalue weighted by molar-refractivity contribution is 5.82. The minimum Gasteiger partial charge on any atom is -0.481 e. The molecule has 2 fully saturated rings. The molecule has 0 bridgehead atoms. The van der Waals surface area contributed by atoms with Crippen molar-refractivity contribution in [2.45, 2.75) is 71.4 Å². The highest BCUT2D eigenvalue weighted by atomic mass is 16.4. The van der Waals surface area contributed by atoms with Crippen molar-refractivity contribution in [1.29, 1.82) is 0 Å². The number of carboxylic acids is 1. The number of aliphatic carboxylic acids is 1. The van der Waals surface area contributed by atoms with Crippen molar-refractivity contribution in [3.05, 3.63) is 0 Å². The largest absolute Gasteiger partial charge is 0.481 e. The Morgan fingerprint density at radius 2 is 1.95 bits per heavy atom. The first-order valence-electron chi connectivity index (χ1n) is 8.01. The fourth-order valence-electron chi connectivity index (χ4n) is 4.35. The van der Waals surface area contributed by atoms with Gasteiger partial charge in [-0.2, -0.15) is 0 Å². The number of nitrogens with zero attached hydrogens (tertiary/aromatic N) is 1. The Balaban J connectivity index is 2.23. The first-order valence-corrected chi connectivity index (χ1v) is 8.01. The Hall–Kier alpha value is -1.06. The van der Waals surface area contributed by atoms with E-state index in [1.807, 2.05) is 18.7 Å². The molecule has 1 heterocycles. The van der Waals surface area contributed by atoms with Crippen LogP contribution < -0.4 is 0 Å². The van der Waals surface area contributed by atoms with E-state index in [1.54, 1.807) is 0 Å². The third kappa shape index (κ3) is 2.70. The van der Waals surface area contributed by atoms with E-state index in [-0.39, 0.29) is 23.9 Å². The summed E-state index contributed by atoms with van der Waals surface area (Å²) < 4.78 is 0. The number of amides is 1. The number of carbonyl (C=O) groups excluding carboxylic acids is 1. The van der Waals surface area contributed by atoms with Crippen LogP contribution in [0.4, 0.5) is 0 Å². The van der Waals surface area contributed by atoms with E-state index in [9.17, 15) is 14.7 Å². The normalized spacial score (nSPS) is 38.9. The second kappa shape index (κ2) is 6.15. The second-order valence-corrected chi connectivity index (χ2v) is 6.61. The SMILES string of the molecule is CCC1CCCCC1N1C(=O)CC(C)C(C(=O)O)C1C. The van der Waals surface area contributed by atoms with Crippen molar-refractivity contribution in [2.24, 2.45) is 17.8 Å². The molecule has 0 aromatic rings. The molecule has 114 valence electrons. The molecule has 4 nitrogen and oxygen atoms in total. The topological polar surface area (TPSA) is 57.6 Å². The molecule has 1 N–H and O–H groups in total. The zero-order valence-electron chi connectivity index (χ0n) is 12.8. The van der Waals surface area contributed by atoms with Crippen molar-refractivity contribution < 1.29 is 14.7 Å². The van der Waals surface area contributed by atoms with Gasteiger partial charge in [-0.15, -0.1) is 0 Å². The summed E-state index contributed by atoms with van der Waals surface area (Å²) in [5.41, 5.74) is 0. The number of carbonyl (C=O) groups is 2. The Bertz CT molecular complexity index is 382. The van der Waals surface area contributed by atoms with Gasteiger partial charge in [-0.1, -0.05) is 33.1 Å². The van der Waals surface area contributed by atoms with Crippen LogP contribution in [0.15, 0.2) is 0 Å². The molecule has 1 aliphatic carbocycles. The van der Waals surface area contributed by atoms with Gasteiger partial charge in [0.2, 0.25) is 5.91 Å². The first-order chi connectivity index (χ1) is 9.47. The van der Waals surface area contributed by atoms with Gasteiger partial charge in [0.05, 0.1) is 5.92 Å². The maximum Gasteiger partial charge on any atom is 0.308 e. The van der Waals surface area contributed by atoms with Gasteiger partial charge >= 0.3 is 5.97 Å². The third-order valence-corrected chi connectivity index (χ3v) is 5.39. The summed E-state index contributed by atoms with van der Waals surface area (Å²) >= 11 is 0. The van der Waals surface area contributed by atoms with Crippen LogP contribution in [-0.4, -0.2) is 34.0 Å². The molecule has 5 unspecified atom stereocenters. The van der Waals surface area contributed by atoms with Crippen molar-refractivity contribution >= 4 is 11.9 Å². The molecular weight excluding hydrogens is 254 g/mol. The number of hydrogen-bond donors (Lipinski definition) is 1. The van der Waals surface area contributed by atoms with Gasteiger partial charge < -0.3 is 10.0 Å². The monoisotopic (exact) mass is 281 g/mol. The van der Waals surface area contributed by atoms with Crippen molar-refractivity contribution in [3.63, 3.8) is 0 Å². The van der Waals surface area contributed by atoms with Gasteiger partial charge in [0.1, 0.15) is 0 Å². The Morgan fingerprint density at radius 1 is 1.30 bits per heavy atom. The van der Waals surface area contributed by atoms with E-state index in [4.69, 9.17) is 0 Å². The van der Waals surface area contributed by atoms with Gasteiger partial charge in [0.15, 0.2) is 0 Å². The van der Waals surface area contributed by atoms with Gasteiger partial charge in [0.25, 0.3) is 0 Å². The van der Waals surface area contributed by atoms with Crippen molar-refractivity contribution in [1.82, 2.24) is 4.90 Å². The highest BCUT2D eigenvalue weighted by Crippen LogP contribution is 2.38. The minimum absolute atomic E-state index is 0.0603. The number of hydrogen-bond acceptors (Lipinski definition) is 2. The quantitative estimate of drug-likeness (QED) is 0.865. The lowest BCUT2D eigenvalue weighted by atomic mass is 9.76. The number of piperidine rings is 1. The van der Waals surface area contributed by atoms with E-state index < -0.39 is 11.9 Å². The summed E-state index contributed by atoms with van der Waals surface area (Å²) in [5.74, 6) is -0.542.